The van der Waals surface area contributed by atoms with Crippen molar-refractivity contribution in [3.8, 4) is 0 Å². The number of aryl methyl sites for hydroxylation is 2. The van der Waals surface area contributed by atoms with Gasteiger partial charge in [0.15, 0.2) is 0 Å². The number of nitrogens with zero attached hydrogens (tertiary/aromatic N) is 3. The Morgan fingerprint density at radius 3 is 2.36 bits per heavy atom. The molecule has 7 nitrogen and oxygen atoms in total. The standard InChI is InChI=1S/C18H29N3O4/c1-11-5-20(6-12(2)24-11)7-15-8-21(9-16(15)10-22)18(23)17-13(3)19-25-14(17)4/h11-12,15-16,22H,5-10H2,1-4H3/t11-,12+,15-,16-/m0/s1. The lowest BCUT2D eigenvalue weighted by Gasteiger charge is -2.37. The summed E-state index contributed by atoms with van der Waals surface area (Å²) in [6, 6.07) is 0. The van der Waals surface area contributed by atoms with Crippen molar-refractivity contribution in [3.05, 3.63) is 17.0 Å². The summed E-state index contributed by atoms with van der Waals surface area (Å²) in [5.41, 5.74) is 1.19. The van der Waals surface area contributed by atoms with Crippen molar-refractivity contribution < 1.29 is 19.2 Å². The van der Waals surface area contributed by atoms with Crippen LogP contribution in [0.3, 0.4) is 0 Å². The van der Waals surface area contributed by atoms with Crippen LogP contribution in [0.15, 0.2) is 4.52 Å². The quantitative estimate of drug-likeness (QED) is 0.875. The number of hydrogen-bond donors (Lipinski definition) is 1. The Labute approximate surface area is 148 Å². The smallest absolute Gasteiger partial charge is 0.259 e. The maximum Gasteiger partial charge on any atom is 0.259 e. The Kier molecular flexibility index (Phi) is 5.46. The van der Waals surface area contributed by atoms with Gasteiger partial charge in [-0.15, -0.1) is 0 Å². The Hall–Kier alpha value is -1.44. The van der Waals surface area contributed by atoms with Gasteiger partial charge in [-0.2, -0.15) is 0 Å². The predicted octanol–water partition coefficient (Wildman–Crippen LogP) is 1.08. The minimum absolute atomic E-state index is 0.0408. The van der Waals surface area contributed by atoms with Crippen molar-refractivity contribution in [2.45, 2.75) is 39.9 Å². The molecule has 25 heavy (non-hydrogen) atoms. The maximum absolute atomic E-state index is 12.9. The van der Waals surface area contributed by atoms with E-state index in [0.717, 1.165) is 19.6 Å². The normalized spacial score (nSPS) is 30.8. The molecule has 2 aliphatic heterocycles. The molecule has 7 heteroatoms. The van der Waals surface area contributed by atoms with Gasteiger partial charge < -0.3 is 19.3 Å². The zero-order valence-corrected chi connectivity index (χ0v) is 15.6. The first-order valence-electron chi connectivity index (χ1n) is 9.09. The summed E-state index contributed by atoms with van der Waals surface area (Å²) in [4.78, 5) is 17.1. The highest BCUT2D eigenvalue weighted by molar-refractivity contribution is 5.96. The van der Waals surface area contributed by atoms with Crippen molar-refractivity contribution >= 4 is 5.91 Å². The van der Waals surface area contributed by atoms with Crippen LogP contribution in [0.4, 0.5) is 0 Å². The molecule has 3 heterocycles. The molecule has 140 valence electrons. The van der Waals surface area contributed by atoms with E-state index in [4.69, 9.17) is 9.26 Å². The van der Waals surface area contributed by atoms with Crippen LogP contribution >= 0.6 is 0 Å². The van der Waals surface area contributed by atoms with Crippen LogP contribution in [0, 0.1) is 25.7 Å². The first-order valence-corrected chi connectivity index (χ1v) is 9.09. The number of likely N-dealkylation sites (tertiary alicyclic amines) is 1. The molecule has 0 aromatic carbocycles. The number of morpholine rings is 1. The van der Waals surface area contributed by atoms with E-state index in [2.05, 4.69) is 23.9 Å². The Balaban J connectivity index is 1.67. The summed E-state index contributed by atoms with van der Waals surface area (Å²) >= 11 is 0. The fourth-order valence-electron chi connectivity index (χ4n) is 4.23. The van der Waals surface area contributed by atoms with Crippen LogP contribution < -0.4 is 0 Å². The Morgan fingerprint density at radius 2 is 1.80 bits per heavy atom. The van der Waals surface area contributed by atoms with E-state index in [1.807, 2.05) is 4.90 Å². The van der Waals surface area contributed by atoms with Gasteiger partial charge in [0.25, 0.3) is 5.91 Å². The molecule has 3 rings (SSSR count). The lowest BCUT2D eigenvalue weighted by molar-refractivity contribution is -0.0726. The second-order valence-electron chi connectivity index (χ2n) is 7.59. The third-order valence-corrected chi connectivity index (χ3v) is 5.33. The number of ether oxygens (including phenoxy) is 1. The topological polar surface area (TPSA) is 79.0 Å². The molecule has 0 aliphatic carbocycles. The zero-order valence-electron chi connectivity index (χ0n) is 15.6. The minimum atomic E-state index is -0.0408. The van der Waals surface area contributed by atoms with Crippen LogP contribution in [-0.4, -0.2) is 77.5 Å². The summed E-state index contributed by atoms with van der Waals surface area (Å²) in [6.45, 7) is 11.8. The molecular formula is C18H29N3O4. The number of aliphatic hydroxyl groups excluding tert-OH is 1. The zero-order chi connectivity index (χ0) is 18.1. The molecule has 0 spiro atoms. The fourth-order valence-corrected chi connectivity index (χ4v) is 4.23. The van der Waals surface area contributed by atoms with Crippen molar-refractivity contribution in [1.82, 2.24) is 15.0 Å². The SMILES string of the molecule is Cc1noc(C)c1C(=O)N1C[C@@H](CO)[C@@H](CN2C[C@@H](C)O[C@@H](C)C2)C1. The van der Waals surface area contributed by atoms with Gasteiger partial charge in [-0.05, 0) is 33.6 Å². The number of aliphatic hydroxyl groups is 1. The monoisotopic (exact) mass is 351 g/mol. The van der Waals surface area contributed by atoms with Crippen molar-refractivity contribution in [1.29, 1.82) is 0 Å². The summed E-state index contributed by atoms with van der Waals surface area (Å²) < 4.78 is 10.9. The second kappa shape index (κ2) is 7.43. The highest BCUT2D eigenvalue weighted by Crippen LogP contribution is 2.28. The van der Waals surface area contributed by atoms with E-state index in [1.165, 1.54) is 0 Å². The van der Waals surface area contributed by atoms with Crippen LogP contribution in [0.2, 0.25) is 0 Å². The molecule has 1 N–H and O–H groups in total. The van der Waals surface area contributed by atoms with Gasteiger partial charge in [0, 0.05) is 45.2 Å². The van der Waals surface area contributed by atoms with Crippen molar-refractivity contribution in [2.24, 2.45) is 11.8 Å². The number of amides is 1. The average molecular weight is 351 g/mol. The van der Waals surface area contributed by atoms with Gasteiger partial charge in [0.1, 0.15) is 11.3 Å². The summed E-state index contributed by atoms with van der Waals surface area (Å²) in [6.07, 6.45) is 0.440. The number of carbonyl (C=O) groups is 1. The summed E-state index contributed by atoms with van der Waals surface area (Å²) in [5.74, 6) is 0.896. The third kappa shape index (κ3) is 3.88. The Bertz CT molecular complexity index is 588. The van der Waals surface area contributed by atoms with Crippen LogP contribution in [0.25, 0.3) is 0 Å². The van der Waals surface area contributed by atoms with Gasteiger partial charge in [0.05, 0.1) is 17.9 Å². The van der Waals surface area contributed by atoms with Gasteiger partial charge in [-0.1, -0.05) is 5.16 Å². The molecule has 0 saturated carbocycles. The van der Waals surface area contributed by atoms with Gasteiger partial charge in [-0.25, -0.2) is 0 Å². The highest BCUT2D eigenvalue weighted by atomic mass is 16.5. The molecule has 4 atom stereocenters. The lowest BCUT2D eigenvalue weighted by atomic mass is 9.96. The van der Waals surface area contributed by atoms with Crippen molar-refractivity contribution in [2.75, 3.05) is 39.3 Å². The number of carbonyl (C=O) groups excluding carboxylic acids is 1. The first-order chi connectivity index (χ1) is 11.9. The molecule has 1 aromatic heterocycles. The molecular weight excluding hydrogens is 322 g/mol. The van der Waals surface area contributed by atoms with Crippen LogP contribution in [0.5, 0.6) is 0 Å². The predicted molar refractivity (Wildman–Crippen MR) is 92.4 cm³/mol. The van der Waals surface area contributed by atoms with E-state index in [1.54, 1.807) is 13.8 Å². The molecule has 0 bridgehead atoms. The maximum atomic E-state index is 12.9. The van der Waals surface area contributed by atoms with Crippen molar-refractivity contribution in [3.63, 3.8) is 0 Å². The van der Waals surface area contributed by atoms with E-state index < -0.39 is 0 Å². The van der Waals surface area contributed by atoms with Crippen LogP contribution in [-0.2, 0) is 4.74 Å². The lowest BCUT2D eigenvalue weighted by Crippen LogP contribution is -2.48. The third-order valence-electron chi connectivity index (χ3n) is 5.33. The molecule has 2 fully saturated rings. The van der Waals surface area contributed by atoms with E-state index in [-0.39, 0.29) is 36.6 Å². The Morgan fingerprint density at radius 1 is 1.16 bits per heavy atom. The molecule has 2 saturated heterocycles. The summed E-state index contributed by atoms with van der Waals surface area (Å²) in [7, 11) is 0. The molecule has 1 amide bonds. The summed E-state index contributed by atoms with van der Waals surface area (Å²) in [5, 5.41) is 13.7. The molecule has 1 aromatic rings. The highest BCUT2D eigenvalue weighted by Gasteiger charge is 2.38. The molecule has 2 aliphatic rings. The number of rotatable bonds is 4. The average Bonchev–Trinajstić information content (AvgIpc) is 3.09. The van der Waals surface area contributed by atoms with Gasteiger partial charge in [-0.3, -0.25) is 9.69 Å². The fraction of sp³-hybridized carbons (Fsp3) is 0.778. The molecule has 0 unspecified atom stereocenters. The van der Waals surface area contributed by atoms with Crippen LogP contribution in [0.1, 0.15) is 35.7 Å². The molecule has 0 radical (unpaired) electrons. The van der Waals surface area contributed by atoms with E-state index in [0.29, 0.717) is 30.1 Å². The number of aromatic nitrogens is 1. The first kappa shape index (κ1) is 18.4. The van der Waals surface area contributed by atoms with Gasteiger partial charge >= 0.3 is 0 Å². The second-order valence-corrected chi connectivity index (χ2v) is 7.59. The minimum Gasteiger partial charge on any atom is -0.396 e. The van der Waals surface area contributed by atoms with E-state index >= 15 is 0 Å². The largest absolute Gasteiger partial charge is 0.396 e. The van der Waals surface area contributed by atoms with Gasteiger partial charge in [0.2, 0.25) is 0 Å². The van der Waals surface area contributed by atoms with E-state index in [9.17, 15) is 9.90 Å². The number of hydrogen-bond acceptors (Lipinski definition) is 6.